The number of esters is 1. The fourth-order valence-corrected chi connectivity index (χ4v) is 4.58. The Balaban J connectivity index is 2.81. The molecule has 5 nitrogen and oxygen atoms in total. The molecule has 2 rings (SSSR count). The van der Waals surface area contributed by atoms with Gasteiger partial charge < -0.3 is 4.74 Å². The Labute approximate surface area is 152 Å². The van der Waals surface area contributed by atoms with E-state index < -0.39 is 15.8 Å². The highest BCUT2D eigenvalue weighted by Crippen LogP contribution is 2.45. The molecule has 0 aliphatic heterocycles. The number of carbonyl (C=O) groups is 1. The summed E-state index contributed by atoms with van der Waals surface area (Å²) in [6, 6.07) is 7.17. The monoisotopic (exact) mass is 461 g/mol. The quantitative estimate of drug-likeness (QED) is 0.390. The van der Waals surface area contributed by atoms with E-state index in [0.29, 0.717) is 11.1 Å². The molecule has 0 saturated carbocycles. The van der Waals surface area contributed by atoms with Crippen molar-refractivity contribution in [1.82, 2.24) is 0 Å². The van der Waals surface area contributed by atoms with Crippen LogP contribution in [0, 0.1) is 10.1 Å². The SMILES string of the molecule is [C-]#[N+]c1c(S(C)(=O)=O)sc(C(=O)OCC)c1-c1ccc(I)cc1. The lowest BCUT2D eigenvalue weighted by atomic mass is 10.1. The van der Waals surface area contributed by atoms with Gasteiger partial charge in [0.05, 0.1) is 13.2 Å². The van der Waals surface area contributed by atoms with Gasteiger partial charge in [0.25, 0.3) is 0 Å². The highest BCUT2D eigenvalue weighted by molar-refractivity contribution is 14.1. The van der Waals surface area contributed by atoms with Crippen molar-refractivity contribution in [3.05, 3.63) is 44.1 Å². The van der Waals surface area contributed by atoms with Crippen molar-refractivity contribution in [2.75, 3.05) is 12.9 Å². The number of thiophene rings is 1. The number of sulfone groups is 1. The largest absolute Gasteiger partial charge is 0.462 e. The number of halogens is 1. The van der Waals surface area contributed by atoms with E-state index in [1.165, 1.54) is 0 Å². The summed E-state index contributed by atoms with van der Waals surface area (Å²) in [4.78, 5) is 15.7. The van der Waals surface area contributed by atoms with Gasteiger partial charge in [-0.25, -0.2) is 18.1 Å². The third kappa shape index (κ3) is 3.73. The van der Waals surface area contributed by atoms with Crippen LogP contribution in [-0.2, 0) is 14.6 Å². The molecule has 2 aromatic rings. The van der Waals surface area contributed by atoms with Crippen molar-refractivity contribution >= 4 is 55.4 Å². The summed E-state index contributed by atoms with van der Waals surface area (Å²) in [5.74, 6) is -0.620. The molecule has 0 unspecified atom stereocenters. The van der Waals surface area contributed by atoms with Crippen LogP contribution in [0.2, 0.25) is 0 Å². The number of carbonyl (C=O) groups excluding carboxylic acids is 1. The van der Waals surface area contributed by atoms with E-state index in [1.54, 1.807) is 19.1 Å². The first-order valence-electron chi connectivity index (χ1n) is 6.47. The molecule has 1 aromatic heterocycles. The molecule has 0 N–H and O–H groups in total. The molecule has 0 aliphatic carbocycles. The zero-order valence-corrected chi connectivity index (χ0v) is 16.1. The Morgan fingerprint density at radius 3 is 2.43 bits per heavy atom. The molecule has 8 heteroatoms. The molecule has 1 heterocycles. The molecule has 120 valence electrons. The van der Waals surface area contributed by atoms with Crippen LogP contribution in [0.4, 0.5) is 5.69 Å². The molecule has 23 heavy (non-hydrogen) atoms. The van der Waals surface area contributed by atoms with Gasteiger partial charge in [-0.05, 0) is 47.2 Å². The molecule has 0 aliphatic rings. The van der Waals surface area contributed by atoms with Crippen LogP contribution in [0.5, 0.6) is 0 Å². The molecular formula is C15H12INO4S2. The van der Waals surface area contributed by atoms with Gasteiger partial charge in [0.1, 0.15) is 9.09 Å². The Kier molecular flexibility index (Phi) is 5.44. The van der Waals surface area contributed by atoms with Crippen LogP contribution in [-0.4, -0.2) is 27.2 Å². The molecule has 0 fully saturated rings. The molecule has 0 bridgehead atoms. The summed E-state index contributed by atoms with van der Waals surface area (Å²) >= 11 is 2.93. The first-order chi connectivity index (χ1) is 10.8. The summed E-state index contributed by atoms with van der Waals surface area (Å²) < 4.78 is 29.8. The van der Waals surface area contributed by atoms with Gasteiger partial charge in [0.2, 0.25) is 5.69 Å². The van der Waals surface area contributed by atoms with Crippen LogP contribution >= 0.6 is 33.9 Å². The van der Waals surface area contributed by atoms with E-state index >= 15 is 0 Å². The standard InChI is InChI=1S/C15H12INO4S2/c1-4-21-14(18)13-11(9-5-7-10(16)8-6-9)12(17-2)15(22-13)23(3,19)20/h5-8H,4H2,1,3H3. The maximum Gasteiger partial charge on any atom is 0.347 e. The van der Waals surface area contributed by atoms with Gasteiger partial charge in [-0.3, -0.25) is 0 Å². The second-order valence-electron chi connectivity index (χ2n) is 4.55. The van der Waals surface area contributed by atoms with E-state index in [4.69, 9.17) is 11.3 Å². The van der Waals surface area contributed by atoms with Crippen LogP contribution in [0.3, 0.4) is 0 Å². The van der Waals surface area contributed by atoms with Gasteiger partial charge in [-0.1, -0.05) is 12.1 Å². The summed E-state index contributed by atoms with van der Waals surface area (Å²) in [6.45, 7) is 9.21. The summed E-state index contributed by atoms with van der Waals surface area (Å²) in [5.41, 5.74) is 0.910. The van der Waals surface area contributed by atoms with Crippen LogP contribution in [0.15, 0.2) is 28.5 Å². The van der Waals surface area contributed by atoms with E-state index in [0.717, 1.165) is 21.2 Å². The summed E-state index contributed by atoms with van der Waals surface area (Å²) in [7, 11) is -3.62. The van der Waals surface area contributed by atoms with Crippen LogP contribution < -0.4 is 0 Å². The zero-order chi connectivity index (χ0) is 17.2. The normalized spacial score (nSPS) is 11.0. The second-order valence-corrected chi connectivity index (χ2v) is 9.03. The predicted molar refractivity (Wildman–Crippen MR) is 97.8 cm³/mol. The first-order valence-corrected chi connectivity index (χ1v) is 10.3. The third-order valence-electron chi connectivity index (χ3n) is 2.89. The molecule has 0 spiro atoms. The topological polar surface area (TPSA) is 64.8 Å². The number of nitrogens with zero attached hydrogens (tertiary/aromatic N) is 1. The van der Waals surface area contributed by atoms with Gasteiger partial charge in [0.15, 0.2) is 9.84 Å². The number of ether oxygens (including phenoxy) is 1. The molecular weight excluding hydrogens is 449 g/mol. The number of hydrogen-bond acceptors (Lipinski definition) is 5. The average molecular weight is 461 g/mol. The van der Waals surface area contributed by atoms with Crippen molar-refractivity contribution in [2.24, 2.45) is 0 Å². The fourth-order valence-electron chi connectivity index (χ4n) is 1.98. The van der Waals surface area contributed by atoms with Gasteiger partial charge >= 0.3 is 5.97 Å². The van der Waals surface area contributed by atoms with E-state index in [-0.39, 0.29) is 21.4 Å². The second kappa shape index (κ2) is 6.98. The van der Waals surface area contributed by atoms with Crippen LogP contribution in [0.1, 0.15) is 16.6 Å². The first kappa shape index (κ1) is 17.9. The number of hydrogen-bond donors (Lipinski definition) is 0. The van der Waals surface area contributed by atoms with Gasteiger partial charge in [-0.15, -0.1) is 11.3 Å². The summed E-state index contributed by atoms with van der Waals surface area (Å²) in [5, 5.41) is 0. The molecule has 0 radical (unpaired) electrons. The maximum absolute atomic E-state index is 12.2. The van der Waals surface area contributed by atoms with E-state index in [1.807, 2.05) is 12.1 Å². The third-order valence-corrected chi connectivity index (χ3v) is 6.59. The van der Waals surface area contributed by atoms with Crippen molar-refractivity contribution in [1.29, 1.82) is 0 Å². The number of rotatable bonds is 4. The Hall–Kier alpha value is -1.44. The Morgan fingerprint density at radius 2 is 1.96 bits per heavy atom. The Bertz CT molecular complexity index is 893. The lowest BCUT2D eigenvalue weighted by molar-refractivity contribution is 0.0533. The average Bonchev–Trinajstić information content (AvgIpc) is 2.88. The maximum atomic E-state index is 12.2. The fraction of sp³-hybridized carbons (Fsp3) is 0.200. The minimum absolute atomic E-state index is 0.0261. The highest BCUT2D eigenvalue weighted by atomic mass is 127. The zero-order valence-electron chi connectivity index (χ0n) is 12.3. The van der Waals surface area contributed by atoms with Gasteiger partial charge in [0, 0.05) is 15.4 Å². The minimum atomic E-state index is -3.62. The molecule has 0 atom stereocenters. The van der Waals surface area contributed by atoms with E-state index in [9.17, 15) is 13.2 Å². The van der Waals surface area contributed by atoms with Crippen molar-refractivity contribution in [2.45, 2.75) is 11.1 Å². The van der Waals surface area contributed by atoms with E-state index in [2.05, 4.69) is 27.4 Å². The Morgan fingerprint density at radius 1 is 1.35 bits per heavy atom. The lowest BCUT2D eigenvalue weighted by Gasteiger charge is -2.05. The van der Waals surface area contributed by atoms with Gasteiger partial charge in [-0.2, -0.15) is 0 Å². The highest BCUT2D eigenvalue weighted by Gasteiger charge is 2.29. The molecule has 1 aromatic carbocycles. The minimum Gasteiger partial charge on any atom is -0.462 e. The lowest BCUT2D eigenvalue weighted by Crippen LogP contribution is -2.03. The predicted octanol–water partition coefficient (Wildman–Crippen LogP) is 4.15. The summed E-state index contributed by atoms with van der Waals surface area (Å²) in [6.07, 6.45) is 1.03. The van der Waals surface area contributed by atoms with Crippen molar-refractivity contribution in [3.8, 4) is 11.1 Å². The van der Waals surface area contributed by atoms with Crippen molar-refractivity contribution < 1.29 is 17.9 Å². The molecule has 0 amide bonds. The van der Waals surface area contributed by atoms with Crippen molar-refractivity contribution in [3.63, 3.8) is 0 Å². The smallest absolute Gasteiger partial charge is 0.347 e. The number of benzene rings is 1. The molecule has 0 saturated heterocycles. The van der Waals surface area contributed by atoms with Crippen LogP contribution in [0.25, 0.3) is 16.0 Å².